The molecule has 6 heteroatoms. The highest BCUT2D eigenvalue weighted by atomic mass is 32.2. The van der Waals surface area contributed by atoms with Crippen molar-refractivity contribution >= 4 is 17.7 Å². The molecular formula is C13H14N2O3S. The summed E-state index contributed by atoms with van der Waals surface area (Å²) in [6, 6.07) is 5.49. The Balaban J connectivity index is 1.66. The molecule has 1 amide bonds. The summed E-state index contributed by atoms with van der Waals surface area (Å²) in [6.45, 7) is 1.43. The number of carbonyl (C=O) groups excluding carboxylic acids is 1. The second-order valence-electron chi connectivity index (χ2n) is 4.33. The van der Waals surface area contributed by atoms with E-state index in [2.05, 4.69) is 5.16 Å². The first kappa shape index (κ1) is 12.3. The fourth-order valence-electron chi connectivity index (χ4n) is 2.16. The summed E-state index contributed by atoms with van der Waals surface area (Å²) in [4.78, 5) is 14.0. The summed E-state index contributed by atoms with van der Waals surface area (Å²) >= 11 is 1.83. The average Bonchev–Trinajstić information content (AvgIpc) is 3.08. The molecule has 5 nitrogen and oxygen atoms in total. The van der Waals surface area contributed by atoms with Crippen molar-refractivity contribution in [1.82, 2.24) is 10.1 Å². The largest absolute Gasteiger partial charge is 0.468 e. The monoisotopic (exact) mass is 278 g/mol. The third-order valence-electron chi connectivity index (χ3n) is 3.14. The number of rotatable bonds is 2. The summed E-state index contributed by atoms with van der Waals surface area (Å²) in [5, 5.41) is 3.90. The standard InChI is InChI=1S/C13H14N2O3S/c16-13(11-3-5-14-18-11)15-6-4-12(19-9-7-15)10-2-1-8-17-10/h1-3,5,8,12H,4,6-7,9H2/t12-/m0/s1. The SMILES string of the molecule is O=C(c1ccno1)N1CCS[C@H](c2ccco2)CC1. The van der Waals surface area contributed by atoms with Crippen LogP contribution in [0, 0.1) is 0 Å². The maximum atomic E-state index is 12.2. The maximum Gasteiger partial charge on any atom is 0.292 e. The van der Waals surface area contributed by atoms with Crippen LogP contribution in [0.3, 0.4) is 0 Å². The molecule has 1 aliphatic rings. The highest BCUT2D eigenvalue weighted by molar-refractivity contribution is 7.99. The number of aromatic nitrogens is 1. The smallest absolute Gasteiger partial charge is 0.292 e. The summed E-state index contributed by atoms with van der Waals surface area (Å²) in [6.07, 6.45) is 4.07. The maximum absolute atomic E-state index is 12.2. The molecule has 0 aliphatic carbocycles. The quantitative estimate of drug-likeness (QED) is 0.845. The molecule has 0 bridgehead atoms. The zero-order valence-electron chi connectivity index (χ0n) is 10.3. The molecule has 0 N–H and O–H groups in total. The number of carbonyl (C=O) groups is 1. The Kier molecular flexibility index (Phi) is 3.59. The number of hydrogen-bond donors (Lipinski definition) is 0. The average molecular weight is 278 g/mol. The Hall–Kier alpha value is -1.69. The van der Waals surface area contributed by atoms with Gasteiger partial charge in [-0.05, 0) is 18.6 Å². The van der Waals surface area contributed by atoms with Gasteiger partial charge in [-0.25, -0.2) is 0 Å². The van der Waals surface area contributed by atoms with Gasteiger partial charge in [0.2, 0.25) is 5.76 Å². The summed E-state index contributed by atoms with van der Waals surface area (Å²) < 4.78 is 10.4. The lowest BCUT2D eigenvalue weighted by atomic mass is 10.2. The molecule has 3 heterocycles. The van der Waals surface area contributed by atoms with Gasteiger partial charge in [0.25, 0.3) is 5.91 Å². The minimum absolute atomic E-state index is 0.0850. The van der Waals surface area contributed by atoms with Crippen LogP contribution < -0.4 is 0 Å². The zero-order valence-corrected chi connectivity index (χ0v) is 11.1. The van der Waals surface area contributed by atoms with E-state index in [0.29, 0.717) is 17.6 Å². The van der Waals surface area contributed by atoms with Crippen molar-refractivity contribution in [3.63, 3.8) is 0 Å². The van der Waals surface area contributed by atoms with Crippen LogP contribution in [-0.2, 0) is 0 Å². The molecule has 3 rings (SSSR count). The summed E-state index contributed by atoms with van der Waals surface area (Å²) in [5.74, 6) is 2.10. The number of hydrogen-bond acceptors (Lipinski definition) is 5. The number of nitrogens with zero attached hydrogens (tertiary/aromatic N) is 2. The Morgan fingerprint density at radius 1 is 1.42 bits per heavy atom. The van der Waals surface area contributed by atoms with E-state index >= 15 is 0 Å². The predicted octanol–water partition coefficient (Wildman–Crippen LogP) is 2.59. The second-order valence-corrected chi connectivity index (χ2v) is 5.64. The number of thioether (sulfide) groups is 1. The van der Waals surface area contributed by atoms with E-state index < -0.39 is 0 Å². The van der Waals surface area contributed by atoms with Crippen LogP contribution in [-0.4, -0.2) is 34.8 Å². The van der Waals surface area contributed by atoms with E-state index in [4.69, 9.17) is 8.94 Å². The van der Waals surface area contributed by atoms with Crippen LogP contribution >= 0.6 is 11.8 Å². The lowest BCUT2D eigenvalue weighted by Gasteiger charge is -2.18. The Morgan fingerprint density at radius 2 is 2.37 bits per heavy atom. The second kappa shape index (κ2) is 5.52. The van der Waals surface area contributed by atoms with Gasteiger partial charge in [-0.3, -0.25) is 4.79 Å². The fourth-order valence-corrected chi connectivity index (χ4v) is 3.34. The first-order valence-electron chi connectivity index (χ1n) is 6.19. The molecule has 100 valence electrons. The molecule has 2 aromatic heterocycles. The minimum Gasteiger partial charge on any atom is -0.468 e. The Bertz CT molecular complexity index is 524. The lowest BCUT2D eigenvalue weighted by molar-refractivity contribution is 0.0724. The zero-order chi connectivity index (χ0) is 13.1. The molecule has 0 aromatic carbocycles. The molecule has 1 aliphatic heterocycles. The van der Waals surface area contributed by atoms with E-state index in [1.54, 1.807) is 12.3 Å². The van der Waals surface area contributed by atoms with Crippen molar-refractivity contribution in [2.24, 2.45) is 0 Å². The van der Waals surface area contributed by atoms with E-state index in [1.165, 1.54) is 6.20 Å². The molecule has 1 atom stereocenters. The van der Waals surface area contributed by atoms with Gasteiger partial charge >= 0.3 is 0 Å². The van der Waals surface area contributed by atoms with Gasteiger partial charge in [0, 0.05) is 24.9 Å². The summed E-state index contributed by atoms with van der Waals surface area (Å²) in [7, 11) is 0. The topological polar surface area (TPSA) is 59.5 Å². The van der Waals surface area contributed by atoms with E-state index in [1.807, 2.05) is 28.8 Å². The molecule has 0 radical (unpaired) electrons. The van der Waals surface area contributed by atoms with Crippen molar-refractivity contribution in [1.29, 1.82) is 0 Å². The highest BCUT2D eigenvalue weighted by Gasteiger charge is 2.25. The Labute approximate surface area is 114 Å². The molecule has 2 aromatic rings. The van der Waals surface area contributed by atoms with Crippen LogP contribution in [0.1, 0.15) is 28.0 Å². The molecular weight excluding hydrogens is 264 g/mol. The number of furan rings is 1. The lowest BCUT2D eigenvalue weighted by Crippen LogP contribution is -2.32. The first-order valence-corrected chi connectivity index (χ1v) is 7.24. The molecule has 0 spiro atoms. The van der Waals surface area contributed by atoms with E-state index in [-0.39, 0.29) is 5.91 Å². The van der Waals surface area contributed by atoms with Crippen LogP contribution in [0.4, 0.5) is 0 Å². The van der Waals surface area contributed by atoms with Gasteiger partial charge in [-0.2, -0.15) is 0 Å². The molecule has 0 saturated carbocycles. The van der Waals surface area contributed by atoms with Crippen LogP contribution in [0.2, 0.25) is 0 Å². The third-order valence-corrected chi connectivity index (χ3v) is 4.43. The van der Waals surface area contributed by atoms with Gasteiger partial charge < -0.3 is 13.8 Å². The highest BCUT2D eigenvalue weighted by Crippen LogP contribution is 2.34. The number of amides is 1. The van der Waals surface area contributed by atoms with Crippen molar-refractivity contribution in [2.75, 3.05) is 18.8 Å². The Morgan fingerprint density at radius 3 is 3.11 bits per heavy atom. The minimum atomic E-state index is -0.0850. The van der Waals surface area contributed by atoms with Crippen molar-refractivity contribution in [3.05, 3.63) is 42.2 Å². The van der Waals surface area contributed by atoms with Gasteiger partial charge in [-0.1, -0.05) is 5.16 Å². The van der Waals surface area contributed by atoms with Crippen molar-refractivity contribution < 1.29 is 13.7 Å². The molecule has 1 saturated heterocycles. The van der Waals surface area contributed by atoms with Gasteiger partial charge in [-0.15, -0.1) is 11.8 Å². The van der Waals surface area contributed by atoms with Gasteiger partial charge in [0.15, 0.2) is 0 Å². The molecule has 0 unspecified atom stereocenters. The first-order chi connectivity index (χ1) is 9.34. The van der Waals surface area contributed by atoms with Crippen molar-refractivity contribution in [2.45, 2.75) is 11.7 Å². The fraction of sp³-hybridized carbons (Fsp3) is 0.385. The van der Waals surface area contributed by atoms with Crippen LogP contribution in [0.5, 0.6) is 0 Å². The van der Waals surface area contributed by atoms with Gasteiger partial charge in [0.1, 0.15) is 5.76 Å². The van der Waals surface area contributed by atoms with Crippen LogP contribution in [0.15, 0.2) is 39.6 Å². The normalized spacial score (nSPS) is 20.2. The van der Waals surface area contributed by atoms with Crippen LogP contribution in [0.25, 0.3) is 0 Å². The summed E-state index contributed by atoms with van der Waals surface area (Å²) in [5.41, 5.74) is 0. The third kappa shape index (κ3) is 2.68. The van der Waals surface area contributed by atoms with E-state index in [9.17, 15) is 4.79 Å². The predicted molar refractivity (Wildman–Crippen MR) is 70.9 cm³/mol. The molecule has 19 heavy (non-hydrogen) atoms. The molecule has 1 fully saturated rings. The van der Waals surface area contributed by atoms with Crippen molar-refractivity contribution in [3.8, 4) is 0 Å². The van der Waals surface area contributed by atoms with E-state index in [0.717, 1.165) is 24.5 Å². The van der Waals surface area contributed by atoms with Gasteiger partial charge in [0.05, 0.1) is 17.7 Å².